The molecule has 0 saturated heterocycles. The first-order valence-electron chi connectivity index (χ1n) is 9.33. The number of carbonyl (C=O) groups is 2. The van der Waals surface area contributed by atoms with Gasteiger partial charge in [-0.25, -0.2) is 0 Å². The molecule has 4 rings (SSSR count). The quantitative estimate of drug-likeness (QED) is 0.700. The van der Waals surface area contributed by atoms with Crippen LogP contribution in [0.4, 0.5) is 5.69 Å². The van der Waals surface area contributed by atoms with Gasteiger partial charge < -0.3 is 20.1 Å². The maximum absolute atomic E-state index is 12.7. The van der Waals surface area contributed by atoms with Crippen LogP contribution >= 0.6 is 0 Å². The smallest absolute Gasteiger partial charge is 0.255 e. The molecule has 0 atom stereocenters. The van der Waals surface area contributed by atoms with Crippen molar-refractivity contribution in [2.45, 2.75) is 6.54 Å². The lowest BCUT2D eigenvalue weighted by molar-refractivity contribution is 0.0952. The standard InChI is InChI=1S/C23H20N2O4/c26-22(17-10-11-20-21(14-17)29-13-12-28-20)25-19-9-5-4-8-18(19)23(27)24-15-16-6-2-1-3-7-16/h1-11,14H,12-13,15H2,(H,24,27)(H,25,26). The number of nitrogens with one attached hydrogen (secondary N) is 2. The fourth-order valence-corrected chi connectivity index (χ4v) is 3.04. The molecule has 3 aromatic rings. The third kappa shape index (κ3) is 4.38. The van der Waals surface area contributed by atoms with E-state index in [0.717, 1.165) is 5.56 Å². The van der Waals surface area contributed by atoms with Crippen LogP contribution in [0.25, 0.3) is 0 Å². The van der Waals surface area contributed by atoms with E-state index in [1.54, 1.807) is 42.5 Å². The first kappa shape index (κ1) is 18.6. The number of hydrogen-bond donors (Lipinski definition) is 2. The largest absolute Gasteiger partial charge is 0.486 e. The summed E-state index contributed by atoms with van der Waals surface area (Å²) in [5.41, 5.74) is 2.26. The van der Waals surface area contributed by atoms with Crippen LogP contribution in [0.1, 0.15) is 26.3 Å². The minimum atomic E-state index is -0.328. The van der Waals surface area contributed by atoms with Gasteiger partial charge in [0, 0.05) is 12.1 Å². The third-order valence-corrected chi connectivity index (χ3v) is 4.52. The molecule has 0 bridgehead atoms. The van der Waals surface area contributed by atoms with Gasteiger partial charge in [-0.2, -0.15) is 0 Å². The second-order valence-corrected chi connectivity index (χ2v) is 6.53. The molecule has 0 aliphatic carbocycles. The Morgan fingerprint density at radius 1 is 0.793 bits per heavy atom. The molecule has 1 aliphatic heterocycles. The average molecular weight is 388 g/mol. The summed E-state index contributed by atoms with van der Waals surface area (Å²) in [5.74, 6) is 0.573. The Labute approximate surface area is 168 Å². The summed E-state index contributed by atoms with van der Waals surface area (Å²) < 4.78 is 11.0. The molecule has 0 fully saturated rings. The van der Waals surface area contributed by atoms with Crippen LogP contribution in [0.5, 0.6) is 11.5 Å². The number of carbonyl (C=O) groups excluding carboxylic acids is 2. The minimum Gasteiger partial charge on any atom is -0.486 e. The first-order valence-corrected chi connectivity index (χ1v) is 9.33. The molecule has 0 saturated carbocycles. The Hall–Kier alpha value is -3.80. The maximum Gasteiger partial charge on any atom is 0.255 e. The second-order valence-electron chi connectivity index (χ2n) is 6.53. The Morgan fingerprint density at radius 3 is 2.34 bits per heavy atom. The van der Waals surface area contributed by atoms with E-state index in [0.29, 0.717) is 48.1 Å². The lowest BCUT2D eigenvalue weighted by Crippen LogP contribution is -2.25. The lowest BCUT2D eigenvalue weighted by Gasteiger charge is -2.19. The van der Waals surface area contributed by atoms with Crippen molar-refractivity contribution in [3.63, 3.8) is 0 Å². The van der Waals surface area contributed by atoms with Crippen molar-refractivity contribution in [2.24, 2.45) is 0 Å². The number of fused-ring (bicyclic) bond motifs is 1. The van der Waals surface area contributed by atoms with E-state index in [1.807, 2.05) is 30.3 Å². The van der Waals surface area contributed by atoms with Gasteiger partial charge in [-0.15, -0.1) is 0 Å². The van der Waals surface area contributed by atoms with Gasteiger partial charge in [0.25, 0.3) is 11.8 Å². The third-order valence-electron chi connectivity index (χ3n) is 4.52. The van der Waals surface area contributed by atoms with Gasteiger partial charge >= 0.3 is 0 Å². The molecular weight excluding hydrogens is 368 g/mol. The summed E-state index contributed by atoms with van der Waals surface area (Å²) in [4.78, 5) is 25.4. The second kappa shape index (κ2) is 8.48. The molecule has 6 nitrogen and oxygen atoms in total. The fourth-order valence-electron chi connectivity index (χ4n) is 3.04. The number of benzene rings is 3. The number of para-hydroxylation sites is 1. The summed E-state index contributed by atoms with van der Waals surface area (Å²) in [7, 11) is 0. The molecule has 1 aliphatic rings. The number of hydrogen-bond acceptors (Lipinski definition) is 4. The van der Waals surface area contributed by atoms with Crippen molar-refractivity contribution in [1.29, 1.82) is 0 Å². The molecule has 146 valence electrons. The first-order chi connectivity index (χ1) is 14.2. The van der Waals surface area contributed by atoms with Crippen LogP contribution in [0, 0.1) is 0 Å². The van der Waals surface area contributed by atoms with Gasteiger partial charge in [0.05, 0.1) is 11.3 Å². The molecule has 0 spiro atoms. The van der Waals surface area contributed by atoms with E-state index in [9.17, 15) is 9.59 Å². The van der Waals surface area contributed by atoms with Gasteiger partial charge in [0.15, 0.2) is 11.5 Å². The Balaban J connectivity index is 1.48. The van der Waals surface area contributed by atoms with Crippen LogP contribution in [-0.4, -0.2) is 25.0 Å². The predicted molar refractivity (Wildman–Crippen MR) is 109 cm³/mol. The Morgan fingerprint density at radius 2 is 1.52 bits per heavy atom. The highest BCUT2D eigenvalue weighted by Gasteiger charge is 2.17. The van der Waals surface area contributed by atoms with Crippen molar-refractivity contribution >= 4 is 17.5 Å². The van der Waals surface area contributed by atoms with Gasteiger partial charge in [-0.05, 0) is 35.9 Å². The Kier molecular flexibility index (Phi) is 5.42. The van der Waals surface area contributed by atoms with Gasteiger partial charge in [-0.1, -0.05) is 42.5 Å². The highest BCUT2D eigenvalue weighted by molar-refractivity contribution is 6.09. The minimum absolute atomic E-state index is 0.257. The normalized spacial score (nSPS) is 12.1. The summed E-state index contributed by atoms with van der Waals surface area (Å²) in [6.07, 6.45) is 0. The van der Waals surface area contributed by atoms with E-state index >= 15 is 0 Å². The topological polar surface area (TPSA) is 76.7 Å². The van der Waals surface area contributed by atoms with E-state index in [-0.39, 0.29) is 11.8 Å². The van der Waals surface area contributed by atoms with Crippen molar-refractivity contribution in [2.75, 3.05) is 18.5 Å². The van der Waals surface area contributed by atoms with Crippen LogP contribution < -0.4 is 20.1 Å². The van der Waals surface area contributed by atoms with Crippen LogP contribution in [0.15, 0.2) is 72.8 Å². The molecular formula is C23H20N2O4. The summed E-state index contributed by atoms with van der Waals surface area (Å²) in [6, 6.07) is 21.6. The van der Waals surface area contributed by atoms with Gasteiger partial charge in [0.2, 0.25) is 0 Å². The zero-order valence-corrected chi connectivity index (χ0v) is 15.7. The number of anilines is 1. The van der Waals surface area contributed by atoms with Crippen molar-refractivity contribution in [3.05, 3.63) is 89.5 Å². The molecule has 2 N–H and O–H groups in total. The van der Waals surface area contributed by atoms with E-state index < -0.39 is 0 Å². The molecule has 3 aromatic carbocycles. The number of amides is 2. The van der Waals surface area contributed by atoms with Gasteiger partial charge in [0.1, 0.15) is 13.2 Å². The fraction of sp³-hybridized carbons (Fsp3) is 0.130. The molecule has 29 heavy (non-hydrogen) atoms. The molecule has 1 heterocycles. The predicted octanol–water partition coefficient (Wildman–Crippen LogP) is 3.64. The van der Waals surface area contributed by atoms with Crippen molar-refractivity contribution in [1.82, 2.24) is 5.32 Å². The molecule has 0 radical (unpaired) electrons. The summed E-state index contributed by atoms with van der Waals surface area (Å²) >= 11 is 0. The van der Waals surface area contributed by atoms with E-state index in [4.69, 9.17) is 9.47 Å². The van der Waals surface area contributed by atoms with Crippen LogP contribution in [0.2, 0.25) is 0 Å². The Bertz CT molecular complexity index is 1030. The molecule has 0 aromatic heterocycles. The number of ether oxygens (including phenoxy) is 2. The van der Waals surface area contributed by atoms with Crippen molar-refractivity contribution < 1.29 is 19.1 Å². The van der Waals surface area contributed by atoms with Gasteiger partial charge in [-0.3, -0.25) is 9.59 Å². The van der Waals surface area contributed by atoms with Crippen molar-refractivity contribution in [3.8, 4) is 11.5 Å². The molecule has 2 amide bonds. The highest BCUT2D eigenvalue weighted by Crippen LogP contribution is 2.31. The monoisotopic (exact) mass is 388 g/mol. The van der Waals surface area contributed by atoms with Crippen LogP contribution in [-0.2, 0) is 6.54 Å². The highest BCUT2D eigenvalue weighted by atomic mass is 16.6. The zero-order valence-electron chi connectivity index (χ0n) is 15.7. The SMILES string of the molecule is O=C(Nc1ccccc1C(=O)NCc1ccccc1)c1ccc2c(c1)OCCO2. The summed E-state index contributed by atoms with van der Waals surface area (Å²) in [5, 5.41) is 5.70. The lowest BCUT2D eigenvalue weighted by atomic mass is 10.1. The number of rotatable bonds is 5. The molecule has 0 unspecified atom stereocenters. The maximum atomic E-state index is 12.7. The zero-order chi connectivity index (χ0) is 20.1. The van der Waals surface area contributed by atoms with E-state index in [2.05, 4.69) is 10.6 Å². The van der Waals surface area contributed by atoms with Crippen LogP contribution in [0.3, 0.4) is 0 Å². The van der Waals surface area contributed by atoms with E-state index in [1.165, 1.54) is 0 Å². The summed E-state index contributed by atoms with van der Waals surface area (Å²) in [6.45, 7) is 1.34. The average Bonchev–Trinajstić information content (AvgIpc) is 2.78. The molecule has 6 heteroatoms.